The molecule has 0 saturated carbocycles. The van der Waals surface area contributed by atoms with E-state index in [0.717, 1.165) is 4.90 Å². The van der Waals surface area contributed by atoms with E-state index in [0.29, 0.717) is 19.3 Å². The second-order valence-electron chi connectivity index (χ2n) is 6.33. The summed E-state index contributed by atoms with van der Waals surface area (Å²) >= 11 is 0. The number of benzene rings is 1. The molecular formula is C19H24F2N4O4. The Kier molecular flexibility index (Phi) is 7.52. The van der Waals surface area contributed by atoms with Gasteiger partial charge in [-0.25, -0.2) is 4.79 Å². The monoisotopic (exact) mass is 410 g/mol. The van der Waals surface area contributed by atoms with Gasteiger partial charge in [-0.05, 0) is 25.0 Å². The fourth-order valence-electron chi connectivity index (χ4n) is 2.90. The summed E-state index contributed by atoms with van der Waals surface area (Å²) in [5.74, 6) is -1.20. The first-order valence-electron chi connectivity index (χ1n) is 9.30. The summed E-state index contributed by atoms with van der Waals surface area (Å²) in [7, 11) is 0. The maximum absolute atomic E-state index is 13.2. The van der Waals surface area contributed by atoms with Gasteiger partial charge < -0.3 is 15.4 Å². The van der Waals surface area contributed by atoms with E-state index in [9.17, 15) is 23.2 Å². The Balaban J connectivity index is 2.62. The molecule has 158 valence electrons. The molecule has 0 fully saturated rings. The number of nitrogens with one attached hydrogen (secondary N) is 1. The fraction of sp³-hybridized carbons (Fsp3) is 0.421. The number of halogens is 2. The van der Waals surface area contributed by atoms with E-state index in [2.05, 4.69) is 9.72 Å². The largest absolute Gasteiger partial charge is 0.434 e. The van der Waals surface area contributed by atoms with Crippen LogP contribution in [0, 0.1) is 0 Å². The summed E-state index contributed by atoms with van der Waals surface area (Å²) in [6.07, 6.45) is 1.80. The van der Waals surface area contributed by atoms with Gasteiger partial charge in [0, 0.05) is 13.1 Å². The smallest absolute Gasteiger partial charge is 0.387 e. The molecule has 0 atom stereocenters. The predicted octanol–water partition coefficient (Wildman–Crippen LogP) is 2.58. The van der Waals surface area contributed by atoms with Gasteiger partial charge in [0.15, 0.2) is 5.69 Å². The Morgan fingerprint density at radius 3 is 2.55 bits per heavy atom. The van der Waals surface area contributed by atoms with Gasteiger partial charge in [0.05, 0.1) is 5.56 Å². The van der Waals surface area contributed by atoms with Crippen LogP contribution in [-0.2, 0) is 6.54 Å². The number of hydrogen-bond acceptors (Lipinski definition) is 5. The number of ether oxygens (including phenoxy) is 1. The number of carbonyl (C=O) groups is 1. The summed E-state index contributed by atoms with van der Waals surface area (Å²) in [6, 6.07) is 5.51. The van der Waals surface area contributed by atoms with Gasteiger partial charge in [0.1, 0.15) is 11.6 Å². The number of carbonyl (C=O) groups excluding carboxylic acids is 1. The zero-order chi connectivity index (χ0) is 21.6. The number of nitrogen functional groups attached to an aromatic ring is 1. The van der Waals surface area contributed by atoms with Crippen LogP contribution in [0.25, 0.3) is 0 Å². The zero-order valence-electron chi connectivity index (χ0n) is 16.3. The van der Waals surface area contributed by atoms with Crippen molar-refractivity contribution in [1.29, 1.82) is 0 Å². The number of nitrogens with zero attached hydrogens (tertiary/aromatic N) is 2. The van der Waals surface area contributed by atoms with E-state index in [-0.39, 0.29) is 35.9 Å². The molecule has 3 N–H and O–H groups in total. The summed E-state index contributed by atoms with van der Waals surface area (Å²) in [4.78, 5) is 41.1. The van der Waals surface area contributed by atoms with Gasteiger partial charge in [0.25, 0.3) is 11.5 Å². The number of para-hydroxylation sites is 1. The van der Waals surface area contributed by atoms with Gasteiger partial charge in [-0.15, -0.1) is 0 Å². The Hall–Kier alpha value is -3.17. The second kappa shape index (κ2) is 9.85. The highest BCUT2D eigenvalue weighted by atomic mass is 19.3. The minimum Gasteiger partial charge on any atom is -0.434 e. The van der Waals surface area contributed by atoms with Gasteiger partial charge in [0.2, 0.25) is 0 Å². The number of aromatic nitrogens is 2. The SMILES string of the molecule is CCCCN(C(=O)c1ccccc1OC(F)F)c1c(N)n(CCC)c(=O)[nH]c1=O. The summed E-state index contributed by atoms with van der Waals surface area (Å²) in [6.45, 7) is 0.954. The van der Waals surface area contributed by atoms with Crippen molar-refractivity contribution in [1.82, 2.24) is 9.55 Å². The average Bonchev–Trinajstić information content (AvgIpc) is 2.67. The maximum atomic E-state index is 13.2. The lowest BCUT2D eigenvalue weighted by Gasteiger charge is -2.25. The van der Waals surface area contributed by atoms with E-state index in [1.54, 1.807) is 0 Å². The molecule has 0 bridgehead atoms. The average molecular weight is 410 g/mol. The fourth-order valence-corrected chi connectivity index (χ4v) is 2.90. The summed E-state index contributed by atoms with van der Waals surface area (Å²) in [5, 5.41) is 0. The highest BCUT2D eigenvalue weighted by Crippen LogP contribution is 2.26. The van der Waals surface area contributed by atoms with Crippen molar-refractivity contribution in [2.24, 2.45) is 0 Å². The van der Waals surface area contributed by atoms with Crippen LogP contribution in [0.2, 0.25) is 0 Å². The number of rotatable bonds is 9. The second-order valence-corrected chi connectivity index (χ2v) is 6.33. The van der Waals surface area contributed by atoms with Gasteiger partial charge in [-0.3, -0.25) is 19.1 Å². The minimum atomic E-state index is -3.12. The molecule has 1 aromatic heterocycles. The first kappa shape index (κ1) is 22.1. The lowest BCUT2D eigenvalue weighted by atomic mass is 10.1. The Morgan fingerprint density at radius 2 is 1.93 bits per heavy atom. The van der Waals surface area contributed by atoms with Crippen LogP contribution >= 0.6 is 0 Å². The standard InChI is InChI=1S/C19H24F2N4O4/c1-3-5-11-24(14-15(22)25(10-4-2)19(28)23-16(14)26)17(27)12-8-6-7-9-13(12)29-18(20)21/h6-9,18H,3-5,10-11,22H2,1-2H3,(H,23,26,28). The van der Waals surface area contributed by atoms with Gasteiger partial charge in [-0.2, -0.15) is 8.78 Å². The lowest BCUT2D eigenvalue weighted by Crippen LogP contribution is -2.41. The summed E-state index contributed by atoms with van der Waals surface area (Å²) < 4.78 is 31.1. The van der Waals surface area contributed by atoms with Crippen molar-refractivity contribution in [3.05, 3.63) is 50.7 Å². The van der Waals surface area contributed by atoms with Crippen molar-refractivity contribution in [2.45, 2.75) is 46.3 Å². The van der Waals surface area contributed by atoms with Crippen LogP contribution in [0.5, 0.6) is 5.75 Å². The topological polar surface area (TPSA) is 110 Å². The highest BCUT2D eigenvalue weighted by Gasteiger charge is 2.27. The first-order chi connectivity index (χ1) is 13.8. The Morgan fingerprint density at radius 1 is 1.24 bits per heavy atom. The van der Waals surface area contributed by atoms with Gasteiger partial charge >= 0.3 is 12.3 Å². The minimum absolute atomic E-state index is 0.107. The predicted molar refractivity (Wildman–Crippen MR) is 106 cm³/mol. The van der Waals surface area contributed by atoms with E-state index in [4.69, 9.17) is 5.73 Å². The highest BCUT2D eigenvalue weighted by molar-refractivity contribution is 6.08. The van der Waals surface area contributed by atoms with Crippen LogP contribution in [-0.4, -0.2) is 28.6 Å². The molecule has 1 heterocycles. The van der Waals surface area contributed by atoms with E-state index in [1.165, 1.54) is 28.8 Å². The third-order valence-corrected chi connectivity index (χ3v) is 4.25. The number of anilines is 2. The number of amides is 1. The number of alkyl halides is 2. The molecular weight excluding hydrogens is 386 g/mol. The molecule has 0 saturated heterocycles. The van der Waals surface area contributed by atoms with E-state index < -0.39 is 23.8 Å². The van der Waals surface area contributed by atoms with E-state index in [1.807, 2.05) is 13.8 Å². The van der Waals surface area contributed by atoms with E-state index >= 15 is 0 Å². The molecule has 29 heavy (non-hydrogen) atoms. The molecule has 0 aliphatic carbocycles. The van der Waals surface area contributed by atoms with Gasteiger partial charge in [-0.1, -0.05) is 32.4 Å². The van der Waals surface area contributed by atoms with Crippen LogP contribution in [0.15, 0.2) is 33.9 Å². The third-order valence-electron chi connectivity index (χ3n) is 4.25. The number of hydrogen-bond donors (Lipinski definition) is 2. The molecule has 0 spiro atoms. The molecule has 0 unspecified atom stereocenters. The quantitative estimate of drug-likeness (QED) is 0.660. The molecule has 0 aliphatic rings. The number of aromatic amines is 1. The van der Waals surface area contributed by atoms with Crippen LogP contribution in [0.1, 0.15) is 43.5 Å². The van der Waals surface area contributed by atoms with Crippen molar-refractivity contribution in [2.75, 3.05) is 17.2 Å². The Labute approximate surface area is 165 Å². The van der Waals surface area contributed by atoms with Crippen molar-refractivity contribution in [3.8, 4) is 5.75 Å². The van der Waals surface area contributed by atoms with Crippen molar-refractivity contribution in [3.63, 3.8) is 0 Å². The Bertz CT molecular complexity index is 971. The van der Waals surface area contributed by atoms with Crippen LogP contribution < -0.4 is 26.6 Å². The molecule has 2 aromatic rings. The maximum Gasteiger partial charge on any atom is 0.387 e. The molecule has 0 aliphatic heterocycles. The summed E-state index contributed by atoms with van der Waals surface area (Å²) in [5.41, 5.74) is 4.24. The number of unbranched alkanes of at least 4 members (excludes halogenated alkanes) is 1. The molecule has 0 radical (unpaired) electrons. The number of H-pyrrole nitrogens is 1. The zero-order valence-corrected chi connectivity index (χ0v) is 16.3. The normalized spacial score (nSPS) is 10.9. The van der Waals surface area contributed by atoms with Crippen LogP contribution in [0.3, 0.4) is 0 Å². The molecule has 10 heteroatoms. The van der Waals surface area contributed by atoms with Crippen molar-refractivity contribution >= 4 is 17.4 Å². The lowest BCUT2D eigenvalue weighted by molar-refractivity contribution is -0.0501. The molecule has 2 rings (SSSR count). The molecule has 8 nitrogen and oxygen atoms in total. The molecule has 1 amide bonds. The first-order valence-corrected chi connectivity index (χ1v) is 9.30. The van der Waals surface area contributed by atoms with Crippen molar-refractivity contribution < 1.29 is 18.3 Å². The van der Waals surface area contributed by atoms with Crippen LogP contribution in [0.4, 0.5) is 20.3 Å². The number of nitrogens with two attached hydrogens (primary N) is 1. The molecule has 1 aromatic carbocycles. The third kappa shape index (κ3) is 5.01.